The normalized spacial score (nSPS) is 11.3. The van der Waals surface area contributed by atoms with Gasteiger partial charge in [0.2, 0.25) is 16.0 Å². The largest absolute Gasteiger partial charge is 0.436 e. The van der Waals surface area contributed by atoms with Crippen LogP contribution in [0.3, 0.4) is 0 Å². The zero-order chi connectivity index (χ0) is 26.2. The molecule has 184 valence electrons. The van der Waals surface area contributed by atoms with Crippen LogP contribution in [0.15, 0.2) is 71.9 Å². The number of benzene rings is 3. The lowest BCUT2D eigenvalue weighted by Crippen LogP contribution is -2.11. The van der Waals surface area contributed by atoms with Crippen LogP contribution in [0.25, 0.3) is 22.3 Å². The molecule has 4 N–H and O–H groups in total. The van der Waals surface area contributed by atoms with Crippen molar-refractivity contribution in [3.8, 4) is 28.8 Å². The Bertz CT molecular complexity index is 1750. The van der Waals surface area contributed by atoms with Gasteiger partial charge in [-0.15, -0.1) is 0 Å². The number of nitriles is 1. The number of nitrogens with two attached hydrogens (primary N) is 1. The average molecular weight is 512 g/mol. The predicted molar refractivity (Wildman–Crippen MR) is 139 cm³/mol. The first-order valence-corrected chi connectivity index (χ1v) is 12.7. The molecule has 0 spiro atoms. The molecule has 0 aliphatic rings. The molecular formula is C26H21N7O3S. The van der Waals surface area contributed by atoms with E-state index in [1.165, 1.54) is 18.5 Å². The third-order valence-corrected chi connectivity index (χ3v) is 6.63. The van der Waals surface area contributed by atoms with Crippen LogP contribution in [-0.4, -0.2) is 28.4 Å². The maximum absolute atomic E-state index is 11.6. The van der Waals surface area contributed by atoms with Crippen molar-refractivity contribution in [2.75, 3.05) is 5.32 Å². The molecule has 2 heterocycles. The summed E-state index contributed by atoms with van der Waals surface area (Å²) in [5.74, 6) is 1.22. The Kier molecular flexibility index (Phi) is 6.04. The number of ether oxygens (including phenoxy) is 1. The third-order valence-electron chi connectivity index (χ3n) is 5.70. The number of hydrogen-bond acceptors (Lipinski definition) is 8. The van der Waals surface area contributed by atoms with E-state index in [4.69, 9.17) is 15.1 Å². The fraction of sp³-hybridized carbons (Fsp3) is 0.0769. The molecule has 0 fully saturated rings. The SMILES string of the molecule is Cc1cc(-c2ccc(S(N)(=O)=O)cc2)cc(C)c1Oc1nc(Nc2ccc(C#N)cc2)nc2nc[nH]c12. The van der Waals surface area contributed by atoms with Gasteiger partial charge in [0.1, 0.15) is 11.3 Å². The van der Waals surface area contributed by atoms with Crippen molar-refractivity contribution in [1.29, 1.82) is 5.26 Å². The average Bonchev–Trinajstić information content (AvgIpc) is 3.35. The summed E-state index contributed by atoms with van der Waals surface area (Å²) in [6, 6.07) is 19.3. The van der Waals surface area contributed by atoms with Gasteiger partial charge < -0.3 is 15.0 Å². The standard InChI is InChI=1S/C26H21N7O3S/c1-15-11-19(18-5-9-21(10-6-18)37(28,34)35)12-16(2)23(15)36-25-22-24(30-14-29-22)32-26(33-25)31-20-7-3-17(13-27)4-8-20/h3-12,14H,1-2H3,(H2,28,34,35)(H2,29,30,31,32,33). The fourth-order valence-corrected chi connectivity index (χ4v) is 4.42. The van der Waals surface area contributed by atoms with E-state index in [-0.39, 0.29) is 4.90 Å². The Morgan fingerprint density at radius 2 is 1.65 bits per heavy atom. The number of aryl methyl sites for hydroxylation is 2. The predicted octanol–water partition coefficient (Wildman–Crippen LogP) is 4.69. The molecule has 0 saturated heterocycles. The topological polar surface area (TPSA) is 160 Å². The van der Waals surface area contributed by atoms with Crippen molar-refractivity contribution in [2.45, 2.75) is 18.7 Å². The van der Waals surface area contributed by atoms with Crippen LogP contribution in [0.4, 0.5) is 11.6 Å². The summed E-state index contributed by atoms with van der Waals surface area (Å²) in [6.45, 7) is 3.84. The Morgan fingerprint density at radius 1 is 0.973 bits per heavy atom. The van der Waals surface area contributed by atoms with Gasteiger partial charge in [0.25, 0.3) is 5.88 Å². The maximum atomic E-state index is 11.6. The number of imidazole rings is 1. The Labute approximate surface area is 212 Å². The molecule has 37 heavy (non-hydrogen) atoms. The number of rotatable bonds is 6. The first kappa shape index (κ1) is 23.9. The molecule has 0 amide bonds. The van der Waals surface area contributed by atoms with Crippen LogP contribution in [0.2, 0.25) is 0 Å². The van der Waals surface area contributed by atoms with Crippen molar-refractivity contribution in [2.24, 2.45) is 5.14 Å². The van der Waals surface area contributed by atoms with Crippen molar-refractivity contribution >= 4 is 32.8 Å². The van der Waals surface area contributed by atoms with Gasteiger partial charge in [0.05, 0.1) is 22.9 Å². The van der Waals surface area contributed by atoms with E-state index in [0.29, 0.717) is 40.0 Å². The number of hydrogen-bond donors (Lipinski definition) is 3. The van der Waals surface area contributed by atoms with E-state index < -0.39 is 10.0 Å². The molecule has 3 aromatic carbocycles. The minimum absolute atomic E-state index is 0.0578. The summed E-state index contributed by atoms with van der Waals surface area (Å²) in [7, 11) is -3.76. The molecule has 0 aliphatic heterocycles. The highest BCUT2D eigenvalue weighted by molar-refractivity contribution is 7.89. The Morgan fingerprint density at radius 3 is 2.27 bits per heavy atom. The quantitative estimate of drug-likeness (QED) is 0.296. The number of fused-ring (bicyclic) bond motifs is 1. The molecular weight excluding hydrogens is 490 g/mol. The number of nitrogens with one attached hydrogen (secondary N) is 2. The van der Waals surface area contributed by atoms with E-state index in [2.05, 4.69) is 31.3 Å². The maximum Gasteiger partial charge on any atom is 0.250 e. The number of sulfonamides is 1. The van der Waals surface area contributed by atoms with Gasteiger partial charge in [-0.3, -0.25) is 0 Å². The van der Waals surface area contributed by atoms with E-state index in [0.717, 1.165) is 22.3 Å². The van der Waals surface area contributed by atoms with Crippen molar-refractivity contribution < 1.29 is 13.2 Å². The lowest BCUT2D eigenvalue weighted by atomic mass is 10.00. The van der Waals surface area contributed by atoms with Crippen LogP contribution in [0.1, 0.15) is 16.7 Å². The second-order valence-electron chi connectivity index (χ2n) is 8.38. The zero-order valence-corrected chi connectivity index (χ0v) is 20.7. The van der Waals surface area contributed by atoms with Crippen LogP contribution in [0, 0.1) is 25.2 Å². The minimum Gasteiger partial charge on any atom is -0.436 e. The monoisotopic (exact) mass is 511 g/mol. The molecule has 0 saturated carbocycles. The highest BCUT2D eigenvalue weighted by Gasteiger charge is 2.16. The van der Waals surface area contributed by atoms with Crippen LogP contribution in [0.5, 0.6) is 11.6 Å². The van der Waals surface area contributed by atoms with Crippen LogP contribution in [-0.2, 0) is 10.0 Å². The van der Waals surface area contributed by atoms with E-state index in [1.807, 2.05) is 26.0 Å². The summed E-state index contributed by atoms with van der Waals surface area (Å²) >= 11 is 0. The summed E-state index contributed by atoms with van der Waals surface area (Å²) in [6.07, 6.45) is 1.52. The summed E-state index contributed by atoms with van der Waals surface area (Å²) < 4.78 is 29.4. The molecule has 11 heteroatoms. The number of primary sulfonamides is 1. The molecule has 2 aromatic heterocycles. The van der Waals surface area contributed by atoms with Gasteiger partial charge in [-0.05, 0) is 84.6 Å². The van der Waals surface area contributed by atoms with Gasteiger partial charge in [-0.2, -0.15) is 15.2 Å². The Hall–Kier alpha value is -4.79. The molecule has 5 aromatic rings. The van der Waals surface area contributed by atoms with Crippen LogP contribution >= 0.6 is 0 Å². The number of aromatic amines is 1. The number of aromatic nitrogens is 4. The van der Waals surface area contributed by atoms with Gasteiger partial charge >= 0.3 is 0 Å². The first-order valence-electron chi connectivity index (χ1n) is 11.1. The van der Waals surface area contributed by atoms with Gasteiger partial charge in [-0.1, -0.05) is 12.1 Å². The Balaban J connectivity index is 1.47. The summed E-state index contributed by atoms with van der Waals surface area (Å²) in [5.41, 5.74) is 5.71. The van der Waals surface area contributed by atoms with Gasteiger partial charge in [0, 0.05) is 5.69 Å². The van der Waals surface area contributed by atoms with E-state index in [1.54, 1.807) is 36.4 Å². The summed E-state index contributed by atoms with van der Waals surface area (Å²) in [5, 5.41) is 17.3. The highest BCUT2D eigenvalue weighted by Crippen LogP contribution is 2.35. The molecule has 0 aliphatic carbocycles. The van der Waals surface area contributed by atoms with Crippen molar-refractivity contribution in [1.82, 2.24) is 19.9 Å². The van der Waals surface area contributed by atoms with E-state index >= 15 is 0 Å². The van der Waals surface area contributed by atoms with Crippen LogP contribution < -0.4 is 15.2 Å². The second-order valence-corrected chi connectivity index (χ2v) is 9.94. The summed E-state index contributed by atoms with van der Waals surface area (Å²) in [4.78, 5) is 16.3. The first-order chi connectivity index (χ1) is 17.7. The van der Waals surface area contributed by atoms with Crippen molar-refractivity contribution in [3.63, 3.8) is 0 Å². The lowest BCUT2D eigenvalue weighted by Gasteiger charge is -2.15. The minimum atomic E-state index is -3.76. The van der Waals surface area contributed by atoms with Gasteiger partial charge in [-0.25, -0.2) is 18.5 Å². The fourth-order valence-electron chi connectivity index (χ4n) is 3.91. The number of nitrogens with zero attached hydrogens (tertiary/aromatic N) is 4. The molecule has 10 nitrogen and oxygen atoms in total. The van der Waals surface area contributed by atoms with Crippen molar-refractivity contribution in [3.05, 3.63) is 83.7 Å². The van der Waals surface area contributed by atoms with E-state index in [9.17, 15) is 8.42 Å². The molecule has 0 atom stereocenters. The highest BCUT2D eigenvalue weighted by atomic mass is 32.2. The molecule has 0 radical (unpaired) electrons. The lowest BCUT2D eigenvalue weighted by molar-refractivity contribution is 0.461. The number of anilines is 2. The molecule has 5 rings (SSSR count). The van der Waals surface area contributed by atoms with Gasteiger partial charge in [0.15, 0.2) is 5.65 Å². The number of H-pyrrole nitrogens is 1. The second kappa shape index (κ2) is 9.34. The molecule has 0 unspecified atom stereocenters. The third kappa shape index (κ3) is 4.97. The smallest absolute Gasteiger partial charge is 0.250 e. The zero-order valence-electron chi connectivity index (χ0n) is 19.9. The molecule has 0 bridgehead atoms.